The lowest BCUT2D eigenvalue weighted by Crippen LogP contribution is -2.08. The smallest absolute Gasteiger partial charge is 0.248 e. The molecule has 0 spiro atoms. The van der Waals surface area contributed by atoms with Gasteiger partial charge >= 0.3 is 0 Å². The molecule has 0 unspecified atom stereocenters. The van der Waals surface area contributed by atoms with Crippen molar-refractivity contribution in [2.45, 2.75) is 27.7 Å². The second-order valence-electron chi connectivity index (χ2n) is 8.03. The summed E-state index contributed by atoms with van der Waals surface area (Å²) >= 11 is 5.93. The lowest BCUT2D eigenvalue weighted by atomic mass is 9.96. The van der Waals surface area contributed by atoms with Crippen molar-refractivity contribution in [3.8, 4) is 16.9 Å². The maximum absolute atomic E-state index is 12.7. The Hall–Kier alpha value is -3.50. The topological polar surface area (TPSA) is 51.5 Å². The van der Waals surface area contributed by atoms with E-state index in [0.29, 0.717) is 17.3 Å². The van der Waals surface area contributed by atoms with E-state index in [2.05, 4.69) is 36.5 Å². The number of allylic oxidation sites excluding steroid dienone is 1. The molecule has 0 saturated carbocycles. The summed E-state index contributed by atoms with van der Waals surface area (Å²) in [6.45, 7) is 8.42. The molecule has 5 heteroatoms. The summed E-state index contributed by atoms with van der Waals surface area (Å²) in [5.41, 5.74) is 7.33. The Kier molecular flexibility index (Phi) is 6.57. The van der Waals surface area contributed by atoms with Gasteiger partial charge in [-0.25, -0.2) is 0 Å². The van der Waals surface area contributed by atoms with Crippen LogP contribution in [0.5, 0.6) is 5.75 Å². The fourth-order valence-corrected chi connectivity index (χ4v) is 4.01. The Bertz CT molecular complexity index is 1330. The molecule has 1 heterocycles. The second-order valence-corrected chi connectivity index (χ2v) is 8.46. The van der Waals surface area contributed by atoms with Crippen molar-refractivity contribution in [3.63, 3.8) is 0 Å². The van der Waals surface area contributed by atoms with Crippen LogP contribution in [0.2, 0.25) is 5.02 Å². The summed E-state index contributed by atoms with van der Waals surface area (Å²) in [4.78, 5) is 12.7. The summed E-state index contributed by atoms with van der Waals surface area (Å²) in [7, 11) is 0. The Morgan fingerprint density at radius 1 is 1.09 bits per heavy atom. The molecule has 0 saturated heterocycles. The van der Waals surface area contributed by atoms with Crippen molar-refractivity contribution >= 4 is 39.7 Å². The first-order valence-electron chi connectivity index (χ1n) is 10.9. The first-order chi connectivity index (χ1) is 15.9. The largest absolute Gasteiger partial charge is 0.493 e. The van der Waals surface area contributed by atoms with Gasteiger partial charge in [-0.05, 0) is 69.2 Å². The van der Waals surface area contributed by atoms with E-state index in [1.807, 2.05) is 26.8 Å². The van der Waals surface area contributed by atoms with Crippen LogP contribution in [0.25, 0.3) is 27.7 Å². The number of benzene rings is 3. The van der Waals surface area contributed by atoms with Crippen LogP contribution < -0.4 is 10.1 Å². The molecule has 0 aliphatic heterocycles. The van der Waals surface area contributed by atoms with Gasteiger partial charge in [0.25, 0.3) is 0 Å². The highest BCUT2D eigenvalue weighted by atomic mass is 35.5. The highest BCUT2D eigenvalue weighted by Crippen LogP contribution is 2.40. The minimum absolute atomic E-state index is 0.221. The molecular weight excluding hydrogens is 434 g/mol. The molecule has 4 rings (SSSR count). The summed E-state index contributed by atoms with van der Waals surface area (Å²) in [5.74, 6) is 0.504. The maximum atomic E-state index is 12.7. The molecule has 4 nitrogen and oxygen atoms in total. The number of hydrogen-bond donors (Lipinski definition) is 1. The molecule has 0 aliphatic rings. The predicted octanol–water partition coefficient (Wildman–Crippen LogP) is 7.81. The highest BCUT2D eigenvalue weighted by molar-refractivity contribution is 6.30. The predicted molar refractivity (Wildman–Crippen MR) is 136 cm³/mol. The molecule has 1 amide bonds. The van der Waals surface area contributed by atoms with Gasteiger partial charge < -0.3 is 14.5 Å². The number of aryl methyl sites for hydroxylation is 2. The van der Waals surface area contributed by atoms with Gasteiger partial charge in [0.1, 0.15) is 11.3 Å². The third kappa shape index (κ3) is 4.81. The van der Waals surface area contributed by atoms with Gasteiger partial charge in [0, 0.05) is 38.9 Å². The van der Waals surface area contributed by atoms with E-state index in [9.17, 15) is 4.79 Å². The van der Waals surface area contributed by atoms with Gasteiger partial charge in [-0.15, -0.1) is 0 Å². The van der Waals surface area contributed by atoms with Gasteiger partial charge in [0.05, 0.1) is 12.9 Å². The van der Waals surface area contributed by atoms with Crippen molar-refractivity contribution in [1.82, 2.24) is 0 Å². The second kappa shape index (κ2) is 9.55. The molecule has 33 heavy (non-hydrogen) atoms. The Labute approximate surface area is 198 Å². The zero-order valence-corrected chi connectivity index (χ0v) is 19.9. The highest BCUT2D eigenvalue weighted by Gasteiger charge is 2.19. The monoisotopic (exact) mass is 459 g/mol. The van der Waals surface area contributed by atoms with Crippen LogP contribution in [0.3, 0.4) is 0 Å². The molecule has 4 aromatic rings. The number of fused-ring (bicyclic) bond motifs is 1. The number of carbonyl (C=O) groups is 1. The number of furan rings is 1. The summed E-state index contributed by atoms with van der Waals surface area (Å²) in [6, 6.07) is 17.4. The molecule has 1 aromatic heterocycles. The Morgan fingerprint density at radius 2 is 1.79 bits per heavy atom. The zero-order valence-electron chi connectivity index (χ0n) is 19.2. The van der Waals surface area contributed by atoms with E-state index in [-0.39, 0.29) is 5.91 Å². The van der Waals surface area contributed by atoms with Crippen LogP contribution in [-0.2, 0) is 4.79 Å². The van der Waals surface area contributed by atoms with Gasteiger partial charge in [-0.1, -0.05) is 41.4 Å². The number of halogens is 1. The first-order valence-corrected chi connectivity index (χ1v) is 11.2. The summed E-state index contributed by atoms with van der Waals surface area (Å²) < 4.78 is 12.0. The minimum atomic E-state index is -0.221. The van der Waals surface area contributed by atoms with Crippen LogP contribution in [0.15, 0.2) is 71.4 Å². The van der Waals surface area contributed by atoms with E-state index in [1.54, 1.807) is 36.6 Å². The minimum Gasteiger partial charge on any atom is -0.493 e. The van der Waals surface area contributed by atoms with E-state index in [0.717, 1.165) is 44.5 Å². The molecule has 0 radical (unpaired) electrons. The molecule has 3 aromatic carbocycles. The van der Waals surface area contributed by atoms with E-state index < -0.39 is 0 Å². The number of amides is 1. The molecule has 0 bridgehead atoms. The molecule has 0 aliphatic carbocycles. The van der Waals surface area contributed by atoms with Crippen molar-refractivity contribution in [2.24, 2.45) is 0 Å². The zero-order chi connectivity index (χ0) is 23.5. The third-order valence-corrected chi connectivity index (χ3v) is 5.83. The van der Waals surface area contributed by atoms with Crippen LogP contribution in [-0.4, -0.2) is 12.5 Å². The third-order valence-electron chi connectivity index (χ3n) is 5.58. The number of anilines is 1. The van der Waals surface area contributed by atoms with Crippen LogP contribution in [0.1, 0.15) is 30.5 Å². The fraction of sp³-hybridized carbons (Fsp3) is 0.179. The number of rotatable bonds is 6. The SMILES string of the molecule is CCOc1c(/C(C)=C/C(=O)Nc2ccc(Cl)cc2)cc2c(-c3ccc(C)cc3)coc2c1C. The van der Waals surface area contributed by atoms with Crippen LogP contribution in [0.4, 0.5) is 5.69 Å². The first kappa shape index (κ1) is 22.7. The van der Waals surface area contributed by atoms with Crippen LogP contribution in [0, 0.1) is 13.8 Å². The summed E-state index contributed by atoms with van der Waals surface area (Å²) in [6.07, 6.45) is 3.37. The molecule has 0 fully saturated rings. The molecule has 168 valence electrons. The Morgan fingerprint density at radius 3 is 2.45 bits per heavy atom. The van der Waals surface area contributed by atoms with Gasteiger partial charge in [0.2, 0.25) is 5.91 Å². The van der Waals surface area contributed by atoms with E-state index in [4.69, 9.17) is 20.8 Å². The summed E-state index contributed by atoms with van der Waals surface area (Å²) in [5, 5.41) is 4.48. The standard InChI is InChI=1S/C28H26ClNO3/c1-5-32-27-19(4)28-24(25(16-33-28)20-8-6-17(2)7-9-20)15-23(27)18(3)14-26(31)30-22-12-10-21(29)11-13-22/h6-16H,5H2,1-4H3,(H,30,31)/b18-14+. The fourth-order valence-electron chi connectivity index (χ4n) is 3.88. The normalized spacial score (nSPS) is 11.6. The lowest BCUT2D eigenvalue weighted by Gasteiger charge is -2.15. The quantitative estimate of drug-likeness (QED) is 0.299. The lowest BCUT2D eigenvalue weighted by molar-refractivity contribution is -0.111. The van der Waals surface area contributed by atoms with Crippen LogP contribution >= 0.6 is 11.6 Å². The number of hydrogen-bond acceptors (Lipinski definition) is 3. The van der Waals surface area contributed by atoms with Gasteiger partial charge in [-0.2, -0.15) is 0 Å². The average Bonchev–Trinajstić information content (AvgIpc) is 3.22. The van der Waals surface area contributed by atoms with Crippen molar-refractivity contribution < 1.29 is 13.9 Å². The molecule has 1 N–H and O–H groups in total. The van der Waals surface area contributed by atoms with E-state index >= 15 is 0 Å². The van der Waals surface area contributed by atoms with Crippen molar-refractivity contribution in [1.29, 1.82) is 0 Å². The molecule has 0 atom stereocenters. The van der Waals surface area contributed by atoms with Crippen molar-refractivity contribution in [3.05, 3.63) is 88.6 Å². The van der Waals surface area contributed by atoms with Gasteiger partial charge in [-0.3, -0.25) is 4.79 Å². The van der Waals surface area contributed by atoms with Crippen molar-refractivity contribution in [2.75, 3.05) is 11.9 Å². The van der Waals surface area contributed by atoms with E-state index in [1.165, 1.54) is 5.56 Å². The molecular formula is C28H26ClNO3. The maximum Gasteiger partial charge on any atom is 0.248 e. The number of ether oxygens (including phenoxy) is 1. The Balaban J connectivity index is 1.77. The number of carbonyl (C=O) groups excluding carboxylic acids is 1. The average molecular weight is 460 g/mol. The van der Waals surface area contributed by atoms with Gasteiger partial charge in [0.15, 0.2) is 0 Å². The number of nitrogens with one attached hydrogen (secondary N) is 1.